The molecule has 8 nitrogen and oxygen atoms in total. The highest BCUT2D eigenvalue weighted by atomic mass is 16.6. The SMILES string of the molecule is CC(C)(C)OC(=O)N[C@H](Cc1ccccc1)C(=O)NCC(=O)NO. The van der Waals surface area contributed by atoms with Crippen LogP contribution in [0.1, 0.15) is 26.3 Å². The van der Waals surface area contributed by atoms with Crippen molar-refractivity contribution in [2.45, 2.75) is 38.8 Å². The zero-order valence-corrected chi connectivity index (χ0v) is 14.0. The van der Waals surface area contributed by atoms with Gasteiger partial charge in [-0.25, -0.2) is 10.3 Å². The molecule has 0 aliphatic carbocycles. The highest BCUT2D eigenvalue weighted by Gasteiger charge is 2.24. The second kappa shape index (κ2) is 8.88. The molecule has 0 fully saturated rings. The molecule has 0 bridgehead atoms. The second-order valence-electron chi connectivity index (χ2n) is 6.14. The number of carbonyl (C=O) groups is 3. The first-order valence-corrected chi connectivity index (χ1v) is 7.45. The topological polar surface area (TPSA) is 117 Å². The van der Waals surface area contributed by atoms with Crippen molar-refractivity contribution >= 4 is 17.9 Å². The maximum Gasteiger partial charge on any atom is 0.408 e. The summed E-state index contributed by atoms with van der Waals surface area (Å²) in [6, 6.07) is 8.18. The van der Waals surface area contributed by atoms with Gasteiger partial charge in [0.15, 0.2) is 0 Å². The Morgan fingerprint density at radius 1 is 1.17 bits per heavy atom. The minimum absolute atomic E-state index is 0.229. The number of ether oxygens (including phenoxy) is 1. The number of hydrogen-bond donors (Lipinski definition) is 4. The number of nitrogens with one attached hydrogen (secondary N) is 3. The smallest absolute Gasteiger partial charge is 0.408 e. The van der Waals surface area contributed by atoms with Gasteiger partial charge in [-0.05, 0) is 26.3 Å². The van der Waals surface area contributed by atoms with Crippen molar-refractivity contribution in [1.82, 2.24) is 16.1 Å². The van der Waals surface area contributed by atoms with Gasteiger partial charge < -0.3 is 15.4 Å². The summed E-state index contributed by atoms with van der Waals surface area (Å²) in [7, 11) is 0. The molecule has 0 heterocycles. The molecular weight excluding hydrogens is 314 g/mol. The molecule has 0 aliphatic heterocycles. The van der Waals surface area contributed by atoms with E-state index >= 15 is 0 Å². The summed E-state index contributed by atoms with van der Waals surface area (Å²) in [4.78, 5) is 35.2. The van der Waals surface area contributed by atoms with Crippen LogP contribution >= 0.6 is 0 Å². The summed E-state index contributed by atoms with van der Waals surface area (Å²) >= 11 is 0. The van der Waals surface area contributed by atoms with E-state index in [1.807, 2.05) is 30.3 Å². The average Bonchev–Trinajstić information content (AvgIpc) is 2.50. The fourth-order valence-corrected chi connectivity index (χ4v) is 1.84. The van der Waals surface area contributed by atoms with Crippen molar-refractivity contribution in [2.24, 2.45) is 0 Å². The first-order valence-electron chi connectivity index (χ1n) is 7.45. The van der Waals surface area contributed by atoms with E-state index in [0.717, 1.165) is 5.56 Å². The maximum atomic E-state index is 12.2. The van der Waals surface area contributed by atoms with Gasteiger partial charge in [-0.3, -0.25) is 14.8 Å². The summed E-state index contributed by atoms with van der Waals surface area (Å²) in [5, 5.41) is 13.3. The predicted molar refractivity (Wildman–Crippen MR) is 86.2 cm³/mol. The minimum Gasteiger partial charge on any atom is -0.444 e. The molecule has 0 saturated carbocycles. The number of carbonyl (C=O) groups excluding carboxylic acids is 3. The van der Waals surface area contributed by atoms with Gasteiger partial charge in [-0.1, -0.05) is 30.3 Å². The fourth-order valence-electron chi connectivity index (χ4n) is 1.84. The Labute approximate surface area is 140 Å². The van der Waals surface area contributed by atoms with Crippen LogP contribution in [0.5, 0.6) is 0 Å². The summed E-state index contributed by atoms with van der Waals surface area (Å²) in [6.07, 6.45) is -0.502. The van der Waals surface area contributed by atoms with Crippen molar-refractivity contribution in [3.63, 3.8) is 0 Å². The molecule has 4 N–H and O–H groups in total. The van der Waals surface area contributed by atoms with Gasteiger partial charge in [-0.15, -0.1) is 0 Å². The number of benzene rings is 1. The molecule has 0 unspecified atom stereocenters. The fraction of sp³-hybridized carbons (Fsp3) is 0.438. The molecule has 24 heavy (non-hydrogen) atoms. The van der Waals surface area contributed by atoms with Gasteiger partial charge in [-0.2, -0.15) is 0 Å². The van der Waals surface area contributed by atoms with Crippen molar-refractivity contribution in [3.8, 4) is 0 Å². The average molecular weight is 337 g/mol. The van der Waals surface area contributed by atoms with Crippen LogP contribution in [-0.2, 0) is 20.7 Å². The van der Waals surface area contributed by atoms with Gasteiger partial charge in [0.1, 0.15) is 11.6 Å². The molecule has 1 aromatic carbocycles. The monoisotopic (exact) mass is 337 g/mol. The molecule has 132 valence electrons. The van der Waals surface area contributed by atoms with E-state index < -0.39 is 36.1 Å². The zero-order chi connectivity index (χ0) is 18.2. The number of alkyl carbamates (subject to hydrolysis) is 1. The Morgan fingerprint density at radius 3 is 2.33 bits per heavy atom. The van der Waals surface area contributed by atoms with Crippen LogP contribution in [0.15, 0.2) is 30.3 Å². The van der Waals surface area contributed by atoms with Gasteiger partial charge in [0.05, 0.1) is 6.54 Å². The lowest BCUT2D eigenvalue weighted by Gasteiger charge is -2.23. The van der Waals surface area contributed by atoms with Crippen LogP contribution in [0.2, 0.25) is 0 Å². The number of hydrogen-bond acceptors (Lipinski definition) is 5. The van der Waals surface area contributed by atoms with E-state index in [0.29, 0.717) is 0 Å². The molecule has 3 amide bonds. The normalized spacial score (nSPS) is 12.0. The summed E-state index contributed by atoms with van der Waals surface area (Å²) in [5.41, 5.74) is 1.55. The van der Waals surface area contributed by atoms with Gasteiger partial charge in [0.25, 0.3) is 5.91 Å². The first-order chi connectivity index (χ1) is 11.2. The number of amides is 3. The van der Waals surface area contributed by atoms with E-state index in [2.05, 4.69) is 10.6 Å². The van der Waals surface area contributed by atoms with E-state index in [-0.39, 0.29) is 6.42 Å². The third-order valence-electron chi connectivity index (χ3n) is 2.84. The van der Waals surface area contributed by atoms with Crippen LogP contribution in [0.25, 0.3) is 0 Å². The summed E-state index contributed by atoms with van der Waals surface area (Å²) in [5.74, 6) is -1.33. The first kappa shape index (κ1) is 19.4. The zero-order valence-electron chi connectivity index (χ0n) is 14.0. The lowest BCUT2D eigenvalue weighted by Crippen LogP contribution is -2.50. The largest absolute Gasteiger partial charge is 0.444 e. The Bertz CT molecular complexity index is 569. The van der Waals surface area contributed by atoms with Crippen LogP contribution in [0, 0.1) is 0 Å². The molecular formula is C16H23N3O5. The summed E-state index contributed by atoms with van der Waals surface area (Å²) in [6.45, 7) is 4.73. The summed E-state index contributed by atoms with van der Waals surface area (Å²) < 4.78 is 5.15. The molecule has 8 heteroatoms. The molecule has 1 atom stereocenters. The van der Waals surface area contributed by atoms with Crippen molar-refractivity contribution < 1.29 is 24.3 Å². The van der Waals surface area contributed by atoms with Crippen LogP contribution < -0.4 is 16.1 Å². The predicted octanol–water partition coefficient (Wildman–Crippen LogP) is 0.744. The third-order valence-corrected chi connectivity index (χ3v) is 2.84. The Morgan fingerprint density at radius 2 is 1.79 bits per heavy atom. The Hall–Kier alpha value is -2.61. The third kappa shape index (κ3) is 7.59. The Balaban J connectivity index is 2.76. The maximum absolute atomic E-state index is 12.2. The number of hydroxylamine groups is 1. The van der Waals surface area contributed by atoms with Crippen molar-refractivity contribution in [2.75, 3.05) is 6.54 Å². The van der Waals surface area contributed by atoms with Gasteiger partial charge >= 0.3 is 6.09 Å². The van der Waals surface area contributed by atoms with E-state index in [1.54, 1.807) is 20.8 Å². The van der Waals surface area contributed by atoms with Crippen LogP contribution in [0.4, 0.5) is 4.79 Å². The minimum atomic E-state index is -0.922. The van der Waals surface area contributed by atoms with Crippen LogP contribution in [-0.4, -0.2) is 41.3 Å². The molecule has 0 radical (unpaired) electrons. The van der Waals surface area contributed by atoms with Crippen molar-refractivity contribution in [3.05, 3.63) is 35.9 Å². The van der Waals surface area contributed by atoms with Gasteiger partial charge in [0, 0.05) is 6.42 Å². The van der Waals surface area contributed by atoms with E-state index in [1.165, 1.54) is 5.48 Å². The number of rotatable bonds is 6. The molecule has 0 aliphatic rings. The lowest BCUT2D eigenvalue weighted by atomic mass is 10.1. The van der Waals surface area contributed by atoms with Gasteiger partial charge in [0.2, 0.25) is 5.91 Å². The highest BCUT2D eigenvalue weighted by molar-refractivity contribution is 5.89. The molecule has 1 rings (SSSR count). The van der Waals surface area contributed by atoms with Crippen molar-refractivity contribution in [1.29, 1.82) is 0 Å². The Kier molecular flexibility index (Phi) is 7.19. The highest BCUT2D eigenvalue weighted by Crippen LogP contribution is 2.08. The van der Waals surface area contributed by atoms with E-state index in [9.17, 15) is 14.4 Å². The molecule has 0 aromatic heterocycles. The quantitative estimate of drug-likeness (QED) is 0.451. The lowest BCUT2D eigenvalue weighted by molar-refractivity contribution is -0.131. The molecule has 0 spiro atoms. The van der Waals surface area contributed by atoms with E-state index in [4.69, 9.17) is 9.94 Å². The molecule has 1 aromatic rings. The molecule has 0 saturated heterocycles. The standard InChI is InChI=1S/C16H23N3O5/c1-16(2,3)24-15(22)18-12(9-11-7-5-4-6-8-11)14(21)17-10-13(20)19-23/h4-8,12,23H,9-10H2,1-3H3,(H,17,21)(H,18,22)(H,19,20)/t12-/m1/s1. The van der Waals surface area contributed by atoms with Crippen LogP contribution in [0.3, 0.4) is 0 Å². The second-order valence-corrected chi connectivity index (χ2v) is 6.14.